The predicted molar refractivity (Wildman–Crippen MR) is 70.5 cm³/mol. The van der Waals surface area contributed by atoms with Crippen LogP contribution >= 0.6 is 0 Å². The number of halogens is 2. The van der Waals surface area contributed by atoms with Gasteiger partial charge in [0.25, 0.3) is 0 Å². The minimum absolute atomic E-state index is 0.281. The normalized spacial score (nSPS) is 21.2. The Kier molecular flexibility index (Phi) is 3.18. The van der Waals surface area contributed by atoms with E-state index in [9.17, 15) is 13.9 Å². The van der Waals surface area contributed by atoms with Crippen molar-refractivity contribution in [2.24, 2.45) is 0 Å². The minimum Gasteiger partial charge on any atom is -0.485 e. The Morgan fingerprint density at radius 3 is 2.70 bits per heavy atom. The van der Waals surface area contributed by atoms with Crippen LogP contribution in [-0.2, 0) is 0 Å². The number of aliphatic hydroxyl groups excluding tert-OH is 1. The second kappa shape index (κ2) is 4.87. The molecule has 104 valence electrons. The highest BCUT2D eigenvalue weighted by Gasteiger charge is 2.28. The fourth-order valence-electron chi connectivity index (χ4n) is 2.49. The molecule has 3 rings (SSSR count). The summed E-state index contributed by atoms with van der Waals surface area (Å²) in [5, 5.41) is 10.1. The van der Waals surface area contributed by atoms with Crippen LogP contribution in [0.2, 0.25) is 0 Å². The second-order valence-electron chi connectivity index (χ2n) is 5.05. The summed E-state index contributed by atoms with van der Waals surface area (Å²) in [6, 6.07) is 8.79. The van der Waals surface area contributed by atoms with Gasteiger partial charge in [-0.1, -0.05) is 6.07 Å². The lowest BCUT2D eigenvalue weighted by Gasteiger charge is -2.30. The van der Waals surface area contributed by atoms with E-state index in [1.54, 1.807) is 19.1 Å². The van der Waals surface area contributed by atoms with E-state index >= 15 is 0 Å². The smallest absolute Gasteiger partial charge is 0.128 e. The van der Waals surface area contributed by atoms with Crippen LogP contribution in [0.4, 0.5) is 8.78 Å². The van der Waals surface area contributed by atoms with Gasteiger partial charge in [0.2, 0.25) is 0 Å². The molecule has 2 nitrogen and oxygen atoms in total. The Balaban J connectivity index is 1.96. The zero-order valence-corrected chi connectivity index (χ0v) is 10.9. The highest BCUT2D eigenvalue weighted by molar-refractivity contribution is 5.39. The average Bonchev–Trinajstić information content (AvgIpc) is 2.41. The Labute approximate surface area is 115 Å². The first-order chi connectivity index (χ1) is 9.54. The molecule has 0 saturated carbocycles. The van der Waals surface area contributed by atoms with Gasteiger partial charge in [-0.25, -0.2) is 8.78 Å². The lowest BCUT2D eigenvalue weighted by Crippen LogP contribution is -2.19. The van der Waals surface area contributed by atoms with Gasteiger partial charge in [-0.05, 0) is 42.3 Å². The van der Waals surface area contributed by atoms with Gasteiger partial charge in [-0.3, -0.25) is 0 Å². The molecule has 1 aliphatic heterocycles. The molecule has 1 aliphatic rings. The van der Waals surface area contributed by atoms with E-state index in [2.05, 4.69) is 0 Å². The minimum atomic E-state index is -0.713. The van der Waals surface area contributed by atoms with Crippen molar-refractivity contribution < 1.29 is 18.6 Å². The van der Waals surface area contributed by atoms with Gasteiger partial charge >= 0.3 is 0 Å². The third-order valence-corrected chi connectivity index (χ3v) is 3.59. The van der Waals surface area contributed by atoms with Crippen LogP contribution in [0.3, 0.4) is 0 Å². The highest BCUT2D eigenvalue weighted by Crippen LogP contribution is 2.41. The van der Waals surface area contributed by atoms with Crippen LogP contribution in [-0.4, -0.2) is 5.11 Å². The number of hydrogen-bond acceptors (Lipinski definition) is 2. The first-order valence-electron chi connectivity index (χ1n) is 6.45. The Morgan fingerprint density at radius 1 is 1.15 bits per heavy atom. The van der Waals surface area contributed by atoms with Gasteiger partial charge in [0.15, 0.2) is 0 Å². The molecule has 1 unspecified atom stereocenters. The number of aliphatic hydroxyl groups is 1. The lowest BCUT2D eigenvalue weighted by molar-refractivity contribution is 0.0653. The summed E-state index contributed by atoms with van der Waals surface area (Å²) >= 11 is 0. The van der Waals surface area contributed by atoms with E-state index in [1.165, 1.54) is 24.3 Å². The van der Waals surface area contributed by atoms with Gasteiger partial charge in [0.05, 0.1) is 6.10 Å². The van der Waals surface area contributed by atoms with Crippen molar-refractivity contribution in [2.45, 2.75) is 25.6 Å². The van der Waals surface area contributed by atoms with Gasteiger partial charge in [0.1, 0.15) is 23.5 Å². The zero-order chi connectivity index (χ0) is 14.3. The monoisotopic (exact) mass is 276 g/mol. The molecule has 1 heterocycles. The molecule has 2 atom stereocenters. The van der Waals surface area contributed by atoms with E-state index < -0.39 is 18.0 Å². The van der Waals surface area contributed by atoms with Crippen molar-refractivity contribution in [2.75, 3.05) is 0 Å². The van der Waals surface area contributed by atoms with E-state index in [4.69, 9.17) is 4.74 Å². The van der Waals surface area contributed by atoms with Crippen molar-refractivity contribution in [1.29, 1.82) is 0 Å². The molecule has 0 aliphatic carbocycles. The van der Waals surface area contributed by atoms with Crippen molar-refractivity contribution in [3.8, 4) is 5.75 Å². The Bertz CT molecular complexity index is 655. The zero-order valence-electron chi connectivity index (χ0n) is 10.9. The van der Waals surface area contributed by atoms with Crippen molar-refractivity contribution >= 4 is 0 Å². The summed E-state index contributed by atoms with van der Waals surface area (Å²) in [5.74, 6) is -0.348. The summed E-state index contributed by atoms with van der Waals surface area (Å²) in [6.07, 6.45) is -0.753. The largest absolute Gasteiger partial charge is 0.485 e. The molecular weight excluding hydrogens is 262 g/mol. The van der Waals surface area contributed by atoms with Crippen LogP contribution < -0.4 is 4.74 Å². The lowest BCUT2D eigenvalue weighted by atomic mass is 9.94. The standard InChI is InChI=1S/C16H14F2O2/c1-9-6-10(2-5-13(9)18)15-8-14(19)12-4-3-11(17)7-16(12)20-15/h2-7,14-15,19H,8H2,1H3/t14-,15?/m0/s1. The van der Waals surface area contributed by atoms with E-state index in [0.717, 1.165) is 5.56 Å². The van der Waals surface area contributed by atoms with Crippen molar-refractivity contribution in [3.05, 3.63) is 64.7 Å². The Morgan fingerprint density at radius 2 is 1.95 bits per heavy atom. The summed E-state index contributed by atoms with van der Waals surface area (Å²) in [5.41, 5.74) is 1.88. The molecule has 0 bridgehead atoms. The number of benzene rings is 2. The maximum atomic E-state index is 13.3. The number of hydrogen-bond donors (Lipinski definition) is 1. The third kappa shape index (κ3) is 2.27. The van der Waals surface area contributed by atoms with Gasteiger partial charge < -0.3 is 9.84 Å². The summed E-state index contributed by atoms with van der Waals surface area (Å²) in [6.45, 7) is 1.67. The number of rotatable bonds is 1. The molecule has 20 heavy (non-hydrogen) atoms. The molecule has 1 N–H and O–H groups in total. The second-order valence-corrected chi connectivity index (χ2v) is 5.05. The molecule has 2 aromatic carbocycles. The molecule has 2 aromatic rings. The molecule has 0 radical (unpaired) electrons. The number of fused-ring (bicyclic) bond motifs is 1. The van der Waals surface area contributed by atoms with Crippen LogP contribution in [0.15, 0.2) is 36.4 Å². The molecule has 4 heteroatoms. The summed E-state index contributed by atoms with van der Waals surface area (Å²) < 4.78 is 32.3. The van der Waals surface area contributed by atoms with E-state index in [0.29, 0.717) is 23.3 Å². The molecule has 0 aromatic heterocycles. The van der Waals surface area contributed by atoms with Gasteiger partial charge in [-0.15, -0.1) is 0 Å². The quantitative estimate of drug-likeness (QED) is 0.857. The fraction of sp³-hybridized carbons (Fsp3) is 0.250. The van der Waals surface area contributed by atoms with Crippen molar-refractivity contribution in [1.82, 2.24) is 0 Å². The van der Waals surface area contributed by atoms with Gasteiger partial charge in [-0.2, -0.15) is 0 Å². The fourth-order valence-corrected chi connectivity index (χ4v) is 2.49. The van der Waals surface area contributed by atoms with Crippen LogP contribution in [0.5, 0.6) is 5.75 Å². The van der Waals surface area contributed by atoms with Crippen LogP contribution in [0, 0.1) is 18.6 Å². The molecule has 0 spiro atoms. The first-order valence-corrected chi connectivity index (χ1v) is 6.45. The first kappa shape index (κ1) is 13.1. The van der Waals surface area contributed by atoms with Crippen molar-refractivity contribution in [3.63, 3.8) is 0 Å². The topological polar surface area (TPSA) is 29.5 Å². The van der Waals surface area contributed by atoms with Crippen LogP contribution in [0.1, 0.15) is 35.3 Å². The molecule has 0 saturated heterocycles. The molecule has 0 fully saturated rings. The molecule has 0 amide bonds. The molecular formula is C16H14F2O2. The summed E-state index contributed by atoms with van der Waals surface area (Å²) in [4.78, 5) is 0. The third-order valence-electron chi connectivity index (χ3n) is 3.59. The predicted octanol–water partition coefficient (Wildman–Crippen LogP) is 3.83. The Hall–Kier alpha value is -1.94. The summed E-state index contributed by atoms with van der Waals surface area (Å²) in [7, 11) is 0. The van der Waals surface area contributed by atoms with E-state index in [-0.39, 0.29) is 5.82 Å². The maximum absolute atomic E-state index is 13.3. The number of ether oxygens (including phenoxy) is 1. The average molecular weight is 276 g/mol. The van der Waals surface area contributed by atoms with Crippen LogP contribution in [0.25, 0.3) is 0 Å². The maximum Gasteiger partial charge on any atom is 0.128 e. The van der Waals surface area contributed by atoms with Gasteiger partial charge in [0, 0.05) is 18.1 Å². The highest BCUT2D eigenvalue weighted by atomic mass is 19.1. The number of aryl methyl sites for hydroxylation is 1. The van der Waals surface area contributed by atoms with E-state index in [1.807, 2.05) is 0 Å². The SMILES string of the molecule is Cc1cc(C2C[C@H](O)c3ccc(F)cc3O2)ccc1F.